The summed E-state index contributed by atoms with van der Waals surface area (Å²) in [5, 5.41) is 3.93. The fourth-order valence-corrected chi connectivity index (χ4v) is 3.98. The van der Waals surface area contributed by atoms with E-state index in [1.165, 1.54) is 0 Å². The highest BCUT2D eigenvalue weighted by Crippen LogP contribution is 2.28. The number of nitrogens with zero attached hydrogens (tertiary/aromatic N) is 1. The van der Waals surface area contributed by atoms with Crippen LogP contribution in [-0.4, -0.2) is 13.6 Å². The first-order chi connectivity index (χ1) is 11.8. The van der Waals surface area contributed by atoms with Gasteiger partial charge in [-0.25, -0.2) is 8.42 Å². The number of sulfonamides is 1. The highest BCUT2D eigenvalue weighted by Gasteiger charge is 2.16. The van der Waals surface area contributed by atoms with Crippen molar-refractivity contribution in [3.63, 3.8) is 0 Å². The summed E-state index contributed by atoms with van der Waals surface area (Å²) in [6.07, 6.45) is 0. The lowest BCUT2D eigenvalue weighted by molar-refractivity contribution is 0.393. The van der Waals surface area contributed by atoms with Gasteiger partial charge in [0.1, 0.15) is 5.76 Å². The van der Waals surface area contributed by atoms with Gasteiger partial charge >= 0.3 is 0 Å². The average molecular weight is 356 g/mol. The van der Waals surface area contributed by atoms with Gasteiger partial charge in [0.05, 0.1) is 10.6 Å². The fourth-order valence-electron chi connectivity index (χ4n) is 2.94. The third-order valence-corrected chi connectivity index (χ3v) is 5.36. The molecule has 0 saturated carbocycles. The van der Waals surface area contributed by atoms with Crippen LogP contribution in [0.2, 0.25) is 0 Å². The van der Waals surface area contributed by atoms with Gasteiger partial charge in [-0.15, -0.1) is 0 Å². The van der Waals surface area contributed by atoms with E-state index in [-0.39, 0.29) is 4.90 Å². The maximum absolute atomic E-state index is 12.6. The van der Waals surface area contributed by atoms with Crippen molar-refractivity contribution in [2.45, 2.75) is 32.6 Å². The third kappa shape index (κ3) is 3.58. The highest BCUT2D eigenvalue weighted by molar-refractivity contribution is 7.92. The van der Waals surface area contributed by atoms with Crippen LogP contribution in [-0.2, 0) is 10.0 Å². The van der Waals surface area contributed by atoms with Crippen LogP contribution >= 0.6 is 0 Å². The van der Waals surface area contributed by atoms with Gasteiger partial charge in [0.15, 0.2) is 0 Å². The lowest BCUT2D eigenvalue weighted by atomic mass is 10.0. The summed E-state index contributed by atoms with van der Waals surface area (Å²) in [7, 11) is -3.64. The maximum Gasteiger partial charge on any atom is 0.261 e. The molecular weight excluding hydrogens is 336 g/mol. The Labute approximate surface area is 147 Å². The van der Waals surface area contributed by atoms with Crippen LogP contribution in [0.3, 0.4) is 0 Å². The molecule has 0 radical (unpaired) electrons. The van der Waals surface area contributed by atoms with Crippen LogP contribution in [0.1, 0.15) is 22.6 Å². The molecule has 1 aromatic heterocycles. The van der Waals surface area contributed by atoms with Crippen LogP contribution in [0, 0.1) is 27.7 Å². The molecule has 0 fully saturated rings. The molecule has 6 heteroatoms. The summed E-state index contributed by atoms with van der Waals surface area (Å²) in [6, 6.07) is 12.3. The number of nitrogens with one attached hydrogen (secondary N) is 1. The summed E-state index contributed by atoms with van der Waals surface area (Å²) in [4.78, 5) is 0.210. The molecule has 0 spiro atoms. The van der Waals surface area contributed by atoms with Gasteiger partial charge in [0.25, 0.3) is 10.0 Å². The van der Waals surface area contributed by atoms with Crippen LogP contribution in [0.25, 0.3) is 11.1 Å². The second-order valence-corrected chi connectivity index (χ2v) is 7.89. The largest absolute Gasteiger partial charge is 0.361 e. The van der Waals surface area contributed by atoms with Gasteiger partial charge in [0.2, 0.25) is 0 Å². The molecular formula is C19H20N2O3S. The molecule has 1 heterocycles. The molecule has 5 nitrogen and oxygen atoms in total. The Morgan fingerprint density at radius 2 is 1.52 bits per heavy atom. The topological polar surface area (TPSA) is 72.2 Å². The first kappa shape index (κ1) is 17.2. The number of hydrogen-bond acceptors (Lipinski definition) is 4. The van der Waals surface area contributed by atoms with Crippen molar-refractivity contribution < 1.29 is 12.9 Å². The summed E-state index contributed by atoms with van der Waals surface area (Å²) in [6.45, 7) is 7.56. The van der Waals surface area contributed by atoms with Crippen molar-refractivity contribution >= 4 is 15.7 Å². The summed E-state index contributed by atoms with van der Waals surface area (Å²) < 4.78 is 33.0. The Morgan fingerprint density at radius 3 is 2.04 bits per heavy atom. The maximum atomic E-state index is 12.6. The molecule has 0 aliphatic carbocycles. The summed E-state index contributed by atoms with van der Waals surface area (Å²) >= 11 is 0. The molecule has 25 heavy (non-hydrogen) atoms. The Bertz CT molecular complexity index is 980. The minimum absolute atomic E-state index is 0.210. The van der Waals surface area contributed by atoms with Crippen molar-refractivity contribution in [3.8, 4) is 11.1 Å². The number of aryl methyl sites for hydroxylation is 4. The van der Waals surface area contributed by atoms with Crippen molar-refractivity contribution in [2.75, 3.05) is 4.72 Å². The highest BCUT2D eigenvalue weighted by atomic mass is 32.2. The number of aromatic nitrogens is 1. The molecule has 0 atom stereocenters. The van der Waals surface area contributed by atoms with Gasteiger partial charge in [0, 0.05) is 11.3 Å². The van der Waals surface area contributed by atoms with E-state index in [0.29, 0.717) is 11.4 Å². The van der Waals surface area contributed by atoms with E-state index in [9.17, 15) is 8.42 Å². The molecule has 1 N–H and O–H groups in total. The van der Waals surface area contributed by atoms with E-state index in [1.54, 1.807) is 24.3 Å². The smallest absolute Gasteiger partial charge is 0.261 e. The Balaban J connectivity index is 1.90. The Kier molecular flexibility index (Phi) is 4.39. The lowest BCUT2D eigenvalue weighted by Gasteiger charge is -2.10. The SMILES string of the molecule is Cc1cc(C)cc(NS(=O)(=O)c2ccc(-c3c(C)noc3C)cc2)c1. The molecule has 2 aromatic carbocycles. The molecule has 3 aromatic rings. The van der Waals surface area contributed by atoms with E-state index in [1.807, 2.05) is 45.9 Å². The van der Waals surface area contributed by atoms with Gasteiger partial charge in [-0.3, -0.25) is 4.72 Å². The zero-order valence-corrected chi connectivity index (χ0v) is 15.4. The standard InChI is InChI=1S/C19H20N2O3S/c1-12-9-13(2)11-17(10-12)21-25(22,23)18-7-5-16(6-8-18)19-14(3)20-24-15(19)4/h5-11,21H,1-4H3. The first-order valence-electron chi connectivity index (χ1n) is 7.91. The van der Waals surface area contributed by atoms with Crippen molar-refractivity contribution in [2.24, 2.45) is 0 Å². The quantitative estimate of drug-likeness (QED) is 0.753. The summed E-state index contributed by atoms with van der Waals surface area (Å²) in [5.74, 6) is 0.710. The zero-order chi connectivity index (χ0) is 18.2. The van der Waals surface area contributed by atoms with Crippen molar-refractivity contribution in [1.82, 2.24) is 5.16 Å². The molecule has 0 aliphatic rings. The minimum Gasteiger partial charge on any atom is -0.361 e. The van der Waals surface area contributed by atoms with Gasteiger partial charge in [-0.2, -0.15) is 0 Å². The minimum atomic E-state index is -3.64. The van der Waals surface area contributed by atoms with Gasteiger partial charge in [-0.1, -0.05) is 23.4 Å². The normalized spacial score (nSPS) is 11.5. The van der Waals surface area contributed by atoms with E-state index in [4.69, 9.17) is 4.52 Å². The number of benzene rings is 2. The average Bonchev–Trinajstić information content (AvgIpc) is 2.85. The van der Waals surface area contributed by atoms with Crippen LogP contribution in [0.15, 0.2) is 51.9 Å². The Hall–Kier alpha value is -2.60. The van der Waals surface area contributed by atoms with Crippen LogP contribution < -0.4 is 4.72 Å². The third-order valence-electron chi connectivity index (χ3n) is 3.96. The molecule has 0 saturated heterocycles. The zero-order valence-electron chi connectivity index (χ0n) is 14.6. The number of rotatable bonds is 4. The number of hydrogen-bond donors (Lipinski definition) is 1. The lowest BCUT2D eigenvalue weighted by Crippen LogP contribution is -2.13. The van der Waals surface area contributed by atoms with Crippen molar-refractivity contribution in [1.29, 1.82) is 0 Å². The molecule has 0 bridgehead atoms. The van der Waals surface area contributed by atoms with Gasteiger partial charge < -0.3 is 4.52 Å². The van der Waals surface area contributed by atoms with E-state index < -0.39 is 10.0 Å². The van der Waals surface area contributed by atoms with Crippen LogP contribution in [0.5, 0.6) is 0 Å². The predicted molar refractivity (Wildman–Crippen MR) is 98.1 cm³/mol. The van der Waals surface area contributed by atoms with E-state index in [0.717, 1.165) is 27.9 Å². The number of anilines is 1. The van der Waals surface area contributed by atoms with Crippen LogP contribution in [0.4, 0.5) is 5.69 Å². The van der Waals surface area contributed by atoms with Crippen molar-refractivity contribution in [3.05, 3.63) is 65.0 Å². The molecule has 130 valence electrons. The monoisotopic (exact) mass is 356 g/mol. The summed E-state index contributed by atoms with van der Waals surface area (Å²) in [5.41, 5.74) is 5.12. The van der Waals surface area contributed by atoms with Gasteiger partial charge in [-0.05, 0) is 68.7 Å². The first-order valence-corrected chi connectivity index (χ1v) is 9.39. The Morgan fingerprint density at radius 1 is 0.920 bits per heavy atom. The second-order valence-electron chi connectivity index (χ2n) is 6.21. The predicted octanol–water partition coefficient (Wildman–Crippen LogP) is 4.38. The molecule has 3 rings (SSSR count). The fraction of sp³-hybridized carbons (Fsp3) is 0.211. The molecule has 0 unspecified atom stereocenters. The van der Waals surface area contributed by atoms with E-state index in [2.05, 4.69) is 9.88 Å². The molecule has 0 aliphatic heterocycles. The second kappa shape index (κ2) is 6.37. The van der Waals surface area contributed by atoms with E-state index >= 15 is 0 Å². The molecule has 0 amide bonds.